The van der Waals surface area contributed by atoms with Gasteiger partial charge in [-0.15, -0.1) is 0 Å². The molecular formula is C23H26N8O2. The molecule has 0 aromatic carbocycles. The van der Waals surface area contributed by atoms with Crippen LogP contribution in [0.4, 0.5) is 5.95 Å². The van der Waals surface area contributed by atoms with E-state index in [-0.39, 0.29) is 17.7 Å². The monoisotopic (exact) mass is 446 g/mol. The number of aromatic nitrogens is 5. The van der Waals surface area contributed by atoms with Crippen molar-refractivity contribution in [2.45, 2.75) is 12.8 Å². The molecule has 0 spiro atoms. The number of piperazine rings is 1. The molecule has 33 heavy (non-hydrogen) atoms. The van der Waals surface area contributed by atoms with Crippen LogP contribution in [0.2, 0.25) is 0 Å². The Bertz CT molecular complexity index is 1100. The third kappa shape index (κ3) is 4.55. The van der Waals surface area contributed by atoms with Crippen molar-refractivity contribution < 1.29 is 9.59 Å². The summed E-state index contributed by atoms with van der Waals surface area (Å²) in [5.74, 6) is 0.532. The van der Waals surface area contributed by atoms with E-state index in [0.29, 0.717) is 56.6 Å². The quantitative estimate of drug-likeness (QED) is 0.646. The summed E-state index contributed by atoms with van der Waals surface area (Å²) in [6.45, 7) is 3.76. The van der Waals surface area contributed by atoms with Crippen molar-refractivity contribution >= 4 is 17.8 Å². The molecule has 1 atom stereocenters. The summed E-state index contributed by atoms with van der Waals surface area (Å²) in [7, 11) is 0. The molecule has 2 fully saturated rings. The van der Waals surface area contributed by atoms with Gasteiger partial charge < -0.3 is 14.7 Å². The number of nitrogens with one attached hydrogen (secondary N) is 1. The van der Waals surface area contributed by atoms with Crippen molar-refractivity contribution in [3.05, 3.63) is 54.7 Å². The second-order valence-electron chi connectivity index (χ2n) is 8.35. The van der Waals surface area contributed by atoms with E-state index in [9.17, 15) is 9.59 Å². The Morgan fingerprint density at radius 1 is 0.939 bits per heavy atom. The molecule has 2 amide bonds. The van der Waals surface area contributed by atoms with Crippen molar-refractivity contribution in [3.63, 3.8) is 0 Å². The second-order valence-corrected chi connectivity index (χ2v) is 8.35. The number of nitrogens with zero attached hydrogens (tertiary/aromatic N) is 7. The Kier molecular flexibility index (Phi) is 5.97. The summed E-state index contributed by atoms with van der Waals surface area (Å²) in [5, 5.41) is 7.13. The van der Waals surface area contributed by atoms with Crippen LogP contribution in [0.1, 0.15) is 23.3 Å². The van der Waals surface area contributed by atoms with Gasteiger partial charge in [-0.25, -0.2) is 9.97 Å². The van der Waals surface area contributed by atoms with Crippen molar-refractivity contribution in [2.24, 2.45) is 5.92 Å². The van der Waals surface area contributed by atoms with Gasteiger partial charge in [0.15, 0.2) is 0 Å². The number of amides is 2. The van der Waals surface area contributed by atoms with Crippen molar-refractivity contribution in [1.82, 2.24) is 34.9 Å². The fraction of sp³-hybridized carbons (Fsp3) is 0.391. The molecule has 0 saturated carbocycles. The fourth-order valence-electron chi connectivity index (χ4n) is 4.47. The second kappa shape index (κ2) is 9.35. The number of carbonyl (C=O) groups is 2. The Labute approximate surface area is 191 Å². The number of anilines is 1. The first-order chi connectivity index (χ1) is 16.2. The summed E-state index contributed by atoms with van der Waals surface area (Å²) < 4.78 is 0. The van der Waals surface area contributed by atoms with E-state index in [4.69, 9.17) is 0 Å². The minimum atomic E-state index is -0.176. The Morgan fingerprint density at radius 2 is 1.70 bits per heavy atom. The highest BCUT2D eigenvalue weighted by Gasteiger charge is 2.33. The van der Waals surface area contributed by atoms with E-state index < -0.39 is 0 Å². The lowest BCUT2D eigenvalue weighted by atomic mass is 9.96. The zero-order valence-electron chi connectivity index (χ0n) is 18.3. The predicted molar refractivity (Wildman–Crippen MR) is 121 cm³/mol. The van der Waals surface area contributed by atoms with Crippen LogP contribution >= 0.6 is 0 Å². The Balaban J connectivity index is 1.19. The number of hydrogen-bond donors (Lipinski definition) is 1. The molecule has 2 saturated heterocycles. The van der Waals surface area contributed by atoms with Crippen molar-refractivity contribution in [1.29, 1.82) is 0 Å². The van der Waals surface area contributed by atoms with Gasteiger partial charge in [-0.2, -0.15) is 5.10 Å². The first-order valence-corrected chi connectivity index (χ1v) is 11.2. The first kappa shape index (κ1) is 21.0. The highest BCUT2D eigenvalue weighted by Crippen LogP contribution is 2.23. The van der Waals surface area contributed by atoms with Gasteiger partial charge >= 0.3 is 0 Å². The van der Waals surface area contributed by atoms with Crippen LogP contribution in [-0.2, 0) is 4.79 Å². The standard InChI is InChI=1S/C23H26N8O2/c32-21(29-11-13-30(14-12-29)23-25-6-2-7-26-23)18-3-1-10-31(16-18)22(33)20-15-19(27-28-20)17-4-8-24-9-5-17/h2,4-9,15,18H,1,3,10-14,16H2,(H,27,28)/t18-/m0/s1. The molecule has 0 radical (unpaired) electrons. The van der Waals surface area contributed by atoms with Gasteiger partial charge in [-0.05, 0) is 37.1 Å². The number of piperidine rings is 1. The average Bonchev–Trinajstić information content (AvgIpc) is 3.39. The number of rotatable bonds is 4. The molecule has 1 N–H and O–H groups in total. The van der Waals surface area contributed by atoms with Gasteiger partial charge in [0.05, 0.1) is 11.6 Å². The maximum absolute atomic E-state index is 13.2. The van der Waals surface area contributed by atoms with E-state index >= 15 is 0 Å². The lowest BCUT2D eigenvalue weighted by Crippen LogP contribution is -2.53. The first-order valence-electron chi connectivity index (χ1n) is 11.2. The number of aromatic amines is 1. The van der Waals surface area contributed by atoms with E-state index in [1.165, 1.54) is 0 Å². The van der Waals surface area contributed by atoms with Crippen molar-refractivity contribution in [2.75, 3.05) is 44.2 Å². The van der Waals surface area contributed by atoms with Crippen LogP contribution in [0.15, 0.2) is 49.1 Å². The van der Waals surface area contributed by atoms with Gasteiger partial charge in [0.2, 0.25) is 11.9 Å². The SMILES string of the molecule is O=C(c1cc(-c2ccncc2)n[nH]1)N1CCC[C@H](C(=O)N2CCN(c3ncccn3)CC2)C1. The molecule has 2 aliphatic heterocycles. The normalized spacial score (nSPS) is 18.9. The third-order valence-electron chi connectivity index (χ3n) is 6.27. The number of carbonyl (C=O) groups excluding carboxylic acids is 2. The van der Waals surface area contributed by atoms with Gasteiger partial charge in [0.1, 0.15) is 5.69 Å². The van der Waals surface area contributed by atoms with Gasteiger partial charge in [-0.1, -0.05) is 0 Å². The summed E-state index contributed by atoms with van der Waals surface area (Å²) in [4.78, 5) is 44.7. The molecule has 10 nitrogen and oxygen atoms in total. The van der Waals surface area contributed by atoms with Crippen LogP contribution in [0.5, 0.6) is 0 Å². The fourth-order valence-corrected chi connectivity index (χ4v) is 4.47. The molecule has 2 aliphatic rings. The molecule has 170 valence electrons. The molecule has 5 heterocycles. The van der Waals surface area contributed by atoms with Gasteiger partial charge in [0, 0.05) is 69.6 Å². The van der Waals surface area contributed by atoms with Crippen LogP contribution < -0.4 is 4.90 Å². The molecule has 0 aliphatic carbocycles. The van der Waals surface area contributed by atoms with Crippen LogP contribution in [0.3, 0.4) is 0 Å². The lowest BCUT2D eigenvalue weighted by molar-refractivity contribution is -0.137. The van der Waals surface area contributed by atoms with Crippen molar-refractivity contribution in [3.8, 4) is 11.3 Å². The maximum Gasteiger partial charge on any atom is 0.271 e. The molecule has 0 bridgehead atoms. The van der Waals surface area contributed by atoms with E-state index in [2.05, 4.69) is 30.0 Å². The average molecular weight is 447 g/mol. The van der Waals surface area contributed by atoms with Crippen LogP contribution in [0, 0.1) is 5.92 Å². The molecule has 3 aromatic heterocycles. The van der Waals surface area contributed by atoms with Crippen LogP contribution in [0.25, 0.3) is 11.3 Å². The van der Waals surface area contributed by atoms with Gasteiger partial charge in [-0.3, -0.25) is 19.7 Å². The summed E-state index contributed by atoms with van der Waals surface area (Å²) in [5.41, 5.74) is 2.03. The summed E-state index contributed by atoms with van der Waals surface area (Å²) in [6.07, 6.45) is 8.46. The number of hydrogen-bond acceptors (Lipinski definition) is 7. The number of H-pyrrole nitrogens is 1. The smallest absolute Gasteiger partial charge is 0.271 e. The lowest BCUT2D eigenvalue weighted by Gasteiger charge is -2.38. The zero-order valence-corrected chi connectivity index (χ0v) is 18.3. The summed E-state index contributed by atoms with van der Waals surface area (Å²) in [6, 6.07) is 7.25. The molecular weight excluding hydrogens is 420 g/mol. The minimum absolute atomic E-state index is 0.119. The number of likely N-dealkylation sites (tertiary alicyclic amines) is 1. The molecule has 0 unspecified atom stereocenters. The molecule has 10 heteroatoms. The highest BCUT2D eigenvalue weighted by molar-refractivity contribution is 5.94. The third-order valence-corrected chi connectivity index (χ3v) is 6.27. The van der Waals surface area contributed by atoms with Gasteiger partial charge in [0.25, 0.3) is 5.91 Å². The topological polar surface area (TPSA) is 111 Å². The van der Waals surface area contributed by atoms with Crippen LogP contribution in [-0.4, -0.2) is 86.0 Å². The highest BCUT2D eigenvalue weighted by atomic mass is 16.2. The number of pyridine rings is 1. The molecule has 3 aromatic rings. The Morgan fingerprint density at radius 3 is 2.45 bits per heavy atom. The Hall–Kier alpha value is -3.82. The maximum atomic E-state index is 13.2. The zero-order chi connectivity index (χ0) is 22.6. The van der Waals surface area contributed by atoms with E-state index in [0.717, 1.165) is 18.4 Å². The predicted octanol–water partition coefficient (Wildman–Crippen LogP) is 1.46. The van der Waals surface area contributed by atoms with E-state index in [1.807, 2.05) is 17.0 Å². The summed E-state index contributed by atoms with van der Waals surface area (Å²) >= 11 is 0. The minimum Gasteiger partial charge on any atom is -0.339 e. The van der Waals surface area contributed by atoms with E-state index in [1.54, 1.807) is 41.8 Å². The largest absolute Gasteiger partial charge is 0.339 e. The molecule has 5 rings (SSSR count).